The maximum atomic E-state index is 13.4. The van der Waals surface area contributed by atoms with E-state index in [0.717, 1.165) is 11.1 Å². The quantitative estimate of drug-likeness (QED) is 0.690. The van der Waals surface area contributed by atoms with Crippen molar-refractivity contribution >= 4 is 5.78 Å². The summed E-state index contributed by atoms with van der Waals surface area (Å²) in [6.07, 6.45) is 1.12. The van der Waals surface area contributed by atoms with Gasteiger partial charge in [-0.15, -0.1) is 0 Å². The van der Waals surface area contributed by atoms with Gasteiger partial charge in [-0.25, -0.2) is 0 Å². The Hall–Kier alpha value is -3.35. The van der Waals surface area contributed by atoms with E-state index in [1.807, 2.05) is 24.3 Å². The summed E-state index contributed by atoms with van der Waals surface area (Å²) in [7, 11) is 4.73. The molecule has 32 heavy (non-hydrogen) atoms. The molecule has 0 amide bonds. The van der Waals surface area contributed by atoms with Crippen molar-refractivity contribution in [2.24, 2.45) is 5.41 Å². The van der Waals surface area contributed by atoms with Crippen LogP contribution in [-0.4, -0.2) is 33.9 Å². The number of benzene rings is 2. The first-order valence-electron chi connectivity index (χ1n) is 10.5. The van der Waals surface area contributed by atoms with Crippen molar-refractivity contribution in [3.63, 3.8) is 0 Å². The standard InChI is InChI=1S/C25H26O7/c1-25(2)10-15(26)23-21(11-25)32-16-9-18-17(30-12-31-18)8-14(16)22(23)13-6-19(27-3)24(29-5)20(7-13)28-4/h6-9,22H,10-12H2,1-5H3/t22-/m0/s1. The van der Waals surface area contributed by atoms with Crippen molar-refractivity contribution in [2.45, 2.75) is 32.6 Å². The Kier molecular flexibility index (Phi) is 4.73. The van der Waals surface area contributed by atoms with Crippen LogP contribution in [0.4, 0.5) is 0 Å². The molecule has 2 heterocycles. The molecule has 0 fully saturated rings. The smallest absolute Gasteiger partial charge is 0.231 e. The summed E-state index contributed by atoms with van der Waals surface area (Å²) in [5, 5.41) is 0. The third kappa shape index (κ3) is 3.15. The van der Waals surface area contributed by atoms with Crippen LogP contribution in [-0.2, 0) is 4.79 Å². The van der Waals surface area contributed by atoms with Gasteiger partial charge in [-0.3, -0.25) is 4.79 Å². The largest absolute Gasteiger partial charge is 0.493 e. The van der Waals surface area contributed by atoms with E-state index in [2.05, 4.69) is 13.8 Å². The molecular weight excluding hydrogens is 412 g/mol. The summed E-state index contributed by atoms with van der Waals surface area (Å²) in [5.74, 6) is 3.92. The zero-order valence-corrected chi connectivity index (χ0v) is 18.9. The Morgan fingerprint density at radius 1 is 0.875 bits per heavy atom. The Morgan fingerprint density at radius 2 is 1.53 bits per heavy atom. The summed E-state index contributed by atoms with van der Waals surface area (Å²) in [5.41, 5.74) is 2.19. The molecule has 0 saturated carbocycles. The SMILES string of the molecule is COc1cc([C@@H]2C3=C(CC(C)(C)CC3=O)Oc3cc4c(cc32)OCO4)cc(OC)c1OC. The molecule has 2 aromatic carbocycles. The Balaban J connectivity index is 1.76. The van der Waals surface area contributed by atoms with Crippen molar-refractivity contribution in [2.75, 3.05) is 28.1 Å². The molecule has 0 spiro atoms. The molecular formula is C25H26O7. The Bertz CT molecular complexity index is 1120. The van der Waals surface area contributed by atoms with Gasteiger partial charge in [0.2, 0.25) is 12.5 Å². The van der Waals surface area contributed by atoms with Gasteiger partial charge in [0, 0.05) is 36.0 Å². The molecule has 0 aromatic heterocycles. The van der Waals surface area contributed by atoms with Gasteiger partial charge >= 0.3 is 0 Å². The monoisotopic (exact) mass is 438 g/mol. The Labute approximate surface area is 186 Å². The van der Waals surface area contributed by atoms with Gasteiger partial charge in [0.15, 0.2) is 28.8 Å². The first kappa shape index (κ1) is 20.5. The second-order valence-corrected chi connectivity index (χ2v) is 9.01. The van der Waals surface area contributed by atoms with E-state index >= 15 is 0 Å². The highest BCUT2D eigenvalue weighted by molar-refractivity contribution is 6.00. The van der Waals surface area contributed by atoms with E-state index in [-0.39, 0.29) is 23.9 Å². The zero-order chi connectivity index (χ0) is 22.6. The van der Waals surface area contributed by atoms with Gasteiger partial charge in [0.05, 0.1) is 21.3 Å². The van der Waals surface area contributed by atoms with Crippen molar-refractivity contribution < 1.29 is 33.2 Å². The molecule has 5 rings (SSSR count). The summed E-state index contributed by atoms with van der Waals surface area (Å²) in [4.78, 5) is 13.4. The molecule has 0 N–H and O–H groups in total. The predicted molar refractivity (Wildman–Crippen MR) is 116 cm³/mol. The summed E-state index contributed by atoms with van der Waals surface area (Å²) < 4.78 is 34.2. The predicted octanol–water partition coefficient (Wildman–Crippen LogP) is 4.61. The molecule has 3 aliphatic rings. The number of hydrogen-bond donors (Lipinski definition) is 0. The van der Waals surface area contributed by atoms with E-state index in [1.54, 1.807) is 21.3 Å². The molecule has 0 bridgehead atoms. The number of methoxy groups -OCH3 is 3. The van der Waals surface area contributed by atoms with E-state index < -0.39 is 0 Å². The van der Waals surface area contributed by atoms with Crippen LogP contribution in [0, 0.1) is 5.41 Å². The van der Waals surface area contributed by atoms with Gasteiger partial charge in [-0.1, -0.05) is 13.8 Å². The number of carbonyl (C=O) groups is 1. The fraction of sp³-hybridized carbons (Fsp3) is 0.400. The molecule has 2 aliphatic heterocycles. The van der Waals surface area contributed by atoms with Crippen molar-refractivity contribution in [1.29, 1.82) is 0 Å². The number of ketones is 1. The van der Waals surface area contributed by atoms with Crippen LogP contribution in [0.2, 0.25) is 0 Å². The number of hydrogen-bond acceptors (Lipinski definition) is 7. The summed E-state index contributed by atoms with van der Waals surface area (Å²) in [6, 6.07) is 7.54. The van der Waals surface area contributed by atoms with E-state index in [1.165, 1.54) is 0 Å². The van der Waals surface area contributed by atoms with E-state index in [4.69, 9.17) is 28.4 Å². The highest BCUT2D eigenvalue weighted by Gasteiger charge is 2.43. The number of carbonyl (C=O) groups excluding carboxylic acids is 1. The molecule has 0 unspecified atom stereocenters. The van der Waals surface area contributed by atoms with Crippen LogP contribution in [0.25, 0.3) is 0 Å². The lowest BCUT2D eigenvalue weighted by Gasteiger charge is -2.38. The first-order valence-corrected chi connectivity index (χ1v) is 10.5. The number of allylic oxidation sites excluding steroid dienone is 2. The summed E-state index contributed by atoms with van der Waals surface area (Å²) in [6.45, 7) is 4.33. The molecule has 168 valence electrons. The average Bonchev–Trinajstić information content (AvgIpc) is 3.21. The molecule has 0 saturated heterocycles. The topological polar surface area (TPSA) is 72.5 Å². The first-order chi connectivity index (χ1) is 15.3. The van der Waals surface area contributed by atoms with E-state index in [9.17, 15) is 4.79 Å². The van der Waals surface area contributed by atoms with Crippen LogP contribution in [0.3, 0.4) is 0 Å². The highest BCUT2D eigenvalue weighted by Crippen LogP contribution is 2.54. The minimum atomic E-state index is -0.361. The van der Waals surface area contributed by atoms with Gasteiger partial charge in [0.25, 0.3) is 0 Å². The maximum Gasteiger partial charge on any atom is 0.231 e. The lowest BCUT2D eigenvalue weighted by Crippen LogP contribution is -2.32. The van der Waals surface area contributed by atoms with Gasteiger partial charge in [0.1, 0.15) is 11.5 Å². The van der Waals surface area contributed by atoms with Crippen molar-refractivity contribution in [1.82, 2.24) is 0 Å². The van der Waals surface area contributed by atoms with Gasteiger partial charge in [-0.2, -0.15) is 0 Å². The number of ether oxygens (including phenoxy) is 6. The number of Topliss-reactive ketones (excluding diaryl/α,β-unsaturated/α-hetero) is 1. The fourth-order valence-electron chi connectivity index (χ4n) is 4.85. The molecule has 2 aromatic rings. The molecule has 7 heteroatoms. The van der Waals surface area contributed by atoms with Crippen LogP contribution < -0.4 is 28.4 Å². The van der Waals surface area contributed by atoms with Crippen LogP contribution in [0.15, 0.2) is 35.6 Å². The average molecular weight is 438 g/mol. The lowest BCUT2D eigenvalue weighted by molar-refractivity contribution is -0.118. The minimum absolute atomic E-state index is 0.0818. The zero-order valence-electron chi connectivity index (χ0n) is 18.9. The molecule has 0 radical (unpaired) electrons. The second kappa shape index (κ2) is 7.36. The van der Waals surface area contributed by atoms with Gasteiger partial charge < -0.3 is 28.4 Å². The van der Waals surface area contributed by atoms with Crippen LogP contribution in [0.5, 0.6) is 34.5 Å². The third-order valence-electron chi connectivity index (χ3n) is 6.24. The van der Waals surface area contributed by atoms with Gasteiger partial charge in [-0.05, 0) is 29.2 Å². The van der Waals surface area contributed by atoms with E-state index in [0.29, 0.717) is 58.7 Å². The van der Waals surface area contributed by atoms with Crippen molar-refractivity contribution in [3.8, 4) is 34.5 Å². The van der Waals surface area contributed by atoms with Crippen molar-refractivity contribution in [3.05, 3.63) is 46.7 Å². The third-order valence-corrected chi connectivity index (χ3v) is 6.24. The van der Waals surface area contributed by atoms with Crippen LogP contribution in [0.1, 0.15) is 43.7 Å². The lowest BCUT2D eigenvalue weighted by atomic mass is 9.70. The highest BCUT2D eigenvalue weighted by atomic mass is 16.7. The number of fused-ring (bicyclic) bond motifs is 2. The molecule has 1 aliphatic carbocycles. The fourth-order valence-corrected chi connectivity index (χ4v) is 4.85. The minimum Gasteiger partial charge on any atom is -0.493 e. The Morgan fingerprint density at radius 3 is 2.16 bits per heavy atom. The second-order valence-electron chi connectivity index (χ2n) is 9.01. The summed E-state index contributed by atoms with van der Waals surface area (Å²) >= 11 is 0. The van der Waals surface area contributed by atoms with Crippen LogP contribution >= 0.6 is 0 Å². The molecule has 1 atom stereocenters. The normalized spacial score (nSPS) is 20.3. The maximum absolute atomic E-state index is 13.4. The molecule has 7 nitrogen and oxygen atoms in total. The number of rotatable bonds is 4.